The summed E-state index contributed by atoms with van der Waals surface area (Å²) in [7, 11) is -0.739. The highest BCUT2D eigenvalue weighted by Gasteiger charge is 2.23. The van der Waals surface area contributed by atoms with Gasteiger partial charge in [-0.1, -0.05) is 25.0 Å². The summed E-state index contributed by atoms with van der Waals surface area (Å²) >= 11 is 3.28. The van der Waals surface area contributed by atoms with E-state index in [0.717, 1.165) is 41.6 Å². The lowest BCUT2D eigenvalue weighted by atomic mass is 10.2. The van der Waals surface area contributed by atoms with Crippen LogP contribution in [0.3, 0.4) is 0 Å². The lowest BCUT2D eigenvalue weighted by Crippen LogP contribution is -2.26. The summed E-state index contributed by atoms with van der Waals surface area (Å²) < 4.78 is 26.6. The van der Waals surface area contributed by atoms with Crippen molar-refractivity contribution < 1.29 is 13.2 Å². The number of amides is 1. The molecule has 1 aliphatic heterocycles. The molecular formula is C21H26BrN3O3S. The third-order valence-corrected chi connectivity index (χ3v) is 7.86. The number of hydrogen-bond donors (Lipinski definition) is 1. The predicted octanol–water partition coefficient (Wildman–Crippen LogP) is 4.33. The molecule has 0 aliphatic carbocycles. The Balaban J connectivity index is 1.88. The molecule has 1 heterocycles. The molecule has 29 heavy (non-hydrogen) atoms. The molecule has 6 nitrogen and oxygen atoms in total. The van der Waals surface area contributed by atoms with Crippen LogP contribution in [0.15, 0.2) is 51.8 Å². The van der Waals surface area contributed by atoms with Crippen LogP contribution in [0.4, 0.5) is 11.4 Å². The smallest absolute Gasteiger partial charge is 0.255 e. The molecule has 3 rings (SSSR count). The van der Waals surface area contributed by atoms with Crippen LogP contribution in [0.25, 0.3) is 0 Å². The quantitative estimate of drug-likeness (QED) is 0.692. The van der Waals surface area contributed by atoms with Gasteiger partial charge in [0.1, 0.15) is 0 Å². The van der Waals surface area contributed by atoms with Gasteiger partial charge in [0.25, 0.3) is 5.91 Å². The average Bonchev–Trinajstić information content (AvgIpc) is 2.98. The Morgan fingerprint density at radius 1 is 1.03 bits per heavy atom. The zero-order valence-electron chi connectivity index (χ0n) is 16.7. The number of halogens is 1. The SMILES string of the molecule is CN(C)S(=O)(=O)c1cc(C(=O)Nc2ccccc2N2CCCCCC2)ccc1Br. The number of carbonyl (C=O) groups excluding carboxylic acids is 1. The number of anilines is 2. The van der Waals surface area contributed by atoms with Gasteiger partial charge in [-0.15, -0.1) is 0 Å². The van der Waals surface area contributed by atoms with E-state index in [0.29, 0.717) is 10.0 Å². The second-order valence-corrected chi connectivity index (χ2v) is 10.3. The Hall–Kier alpha value is -1.90. The summed E-state index contributed by atoms with van der Waals surface area (Å²) in [4.78, 5) is 15.3. The van der Waals surface area contributed by atoms with Crippen molar-refractivity contribution in [2.45, 2.75) is 30.6 Å². The summed E-state index contributed by atoms with van der Waals surface area (Å²) in [6, 6.07) is 12.4. The Morgan fingerprint density at radius 2 is 1.69 bits per heavy atom. The van der Waals surface area contributed by atoms with Crippen LogP contribution in [0.1, 0.15) is 36.0 Å². The van der Waals surface area contributed by atoms with E-state index >= 15 is 0 Å². The number of nitrogens with zero attached hydrogens (tertiary/aromatic N) is 2. The first-order valence-corrected chi connectivity index (χ1v) is 11.9. The van der Waals surface area contributed by atoms with Gasteiger partial charge in [-0.2, -0.15) is 0 Å². The van der Waals surface area contributed by atoms with Crippen molar-refractivity contribution in [1.82, 2.24) is 4.31 Å². The highest BCUT2D eigenvalue weighted by atomic mass is 79.9. The van der Waals surface area contributed by atoms with Gasteiger partial charge in [0.15, 0.2) is 0 Å². The van der Waals surface area contributed by atoms with Crippen molar-refractivity contribution in [3.63, 3.8) is 0 Å². The first kappa shape index (κ1) is 21.8. The minimum atomic E-state index is -3.67. The van der Waals surface area contributed by atoms with Crippen LogP contribution in [0.5, 0.6) is 0 Å². The Kier molecular flexibility index (Phi) is 6.97. The first-order valence-electron chi connectivity index (χ1n) is 9.68. The van der Waals surface area contributed by atoms with Crippen LogP contribution < -0.4 is 10.2 Å². The molecule has 0 aromatic heterocycles. The van der Waals surface area contributed by atoms with E-state index in [-0.39, 0.29) is 10.8 Å². The van der Waals surface area contributed by atoms with E-state index in [9.17, 15) is 13.2 Å². The van der Waals surface area contributed by atoms with Crippen LogP contribution in [-0.4, -0.2) is 45.8 Å². The van der Waals surface area contributed by atoms with Crippen molar-refractivity contribution >= 4 is 43.2 Å². The van der Waals surface area contributed by atoms with E-state index in [1.54, 1.807) is 12.1 Å². The molecule has 0 atom stereocenters. The van der Waals surface area contributed by atoms with Gasteiger partial charge in [-0.3, -0.25) is 4.79 Å². The number of para-hydroxylation sites is 2. The standard InChI is InChI=1S/C21H26BrN3O3S/c1-24(2)29(27,28)20-15-16(11-12-17(20)22)21(26)23-18-9-5-6-10-19(18)25-13-7-3-4-8-14-25/h5-6,9-12,15H,3-4,7-8,13-14H2,1-2H3,(H,23,26). The second kappa shape index (κ2) is 9.28. The number of nitrogens with one attached hydrogen (secondary N) is 1. The topological polar surface area (TPSA) is 69.7 Å². The van der Waals surface area contributed by atoms with Crippen LogP contribution >= 0.6 is 15.9 Å². The maximum Gasteiger partial charge on any atom is 0.255 e. The number of rotatable bonds is 5. The molecule has 8 heteroatoms. The molecule has 1 N–H and O–H groups in total. The molecule has 1 fully saturated rings. The van der Waals surface area contributed by atoms with Gasteiger partial charge in [0.2, 0.25) is 10.0 Å². The van der Waals surface area contributed by atoms with E-state index in [4.69, 9.17) is 0 Å². The van der Waals surface area contributed by atoms with Gasteiger partial charge in [-0.25, -0.2) is 12.7 Å². The summed E-state index contributed by atoms with van der Waals surface area (Å²) in [5.74, 6) is -0.338. The molecule has 1 aliphatic rings. The molecule has 1 amide bonds. The fourth-order valence-corrected chi connectivity index (χ4v) is 5.24. The largest absolute Gasteiger partial charge is 0.370 e. The highest BCUT2D eigenvalue weighted by molar-refractivity contribution is 9.10. The van der Waals surface area contributed by atoms with Crippen LogP contribution in [0.2, 0.25) is 0 Å². The third kappa shape index (κ3) is 4.99. The van der Waals surface area contributed by atoms with Crippen LogP contribution in [0, 0.1) is 0 Å². The zero-order chi connectivity index (χ0) is 21.0. The molecule has 0 spiro atoms. The fourth-order valence-electron chi connectivity index (χ4n) is 3.40. The summed E-state index contributed by atoms with van der Waals surface area (Å²) in [5.41, 5.74) is 2.03. The molecule has 0 saturated carbocycles. The van der Waals surface area contributed by atoms with Crippen molar-refractivity contribution in [2.24, 2.45) is 0 Å². The molecule has 2 aromatic carbocycles. The molecule has 0 unspecified atom stereocenters. The predicted molar refractivity (Wildman–Crippen MR) is 120 cm³/mol. The molecule has 0 bridgehead atoms. The van der Waals surface area contributed by atoms with Gasteiger partial charge < -0.3 is 10.2 Å². The summed E-state index contributed by atoms with van der Waals surface area (Å²) in [6.45, 7) is 1.94. The fraction of sp³-hybridized carbons (Fsp3) is 0.381. The number of carbonyl (C=O) groups is 1. The van der Waals surface area contributed by atoms with E-state index in [1.165, 1.54) is 33.0 Å². The lowest BCUT2D eigenvalue weighted by molar-refractivity contribution is 0.102. The minimum Gasteiger partial charge on any atom is -0.370 e. The van der Waals surface area contributed by atoms with Crippen molar-refractivity contribution in [3.8, 4) is 0 Å². The normalized spacial score (nSPS) is 15.2. The lowest BCUT2D eigenvalue weighted by Gasteiger charge is -2.25. The molecule has 0 radical (unpaired) electrons. The van der Waals surface area contributed by atoms with Gasteiger partial charge in [0.05, 0.1) is 16.3 Å². The molecule has 156 valence electrons. The van der Waals surface area contributed by atoms with E-state index < -0.39 is 10.0 Å². The minimum absolute atomic E-state index is 0.0657. The third-order valence-electron chi connectivity index (χ3n) is 5.05. The van der Waals surface area contributed by atoms with E-state index in [2.05, 4.69) is 26.1 Å². The number of sulfonamides is 1. The number of benzene rings is 2. The monoisotopic (exact) mass is 479 g/mol. The van der Waals surface area contributed by atoms with Crippen molar-refractivity contribution in [1.29, 1.82) is 0 Å². The summed E-state index contributed by atoms with van der Waals surface area (Å²) in [5, 5.41) is 2.97. The van der Waals surface area contributed by atoms with Crippen molar-refractivity contribution in [3.05, 3.63) is 52.5 Å². The van der Waals surface area contributed by atoms with Gasteiger partial charge in [0, 0.05) is 37.2 Å². The summed E-state index contributed by atoms with van der Waals surface area (Å²) in [6.07, 6.45) is 4.74. The maximum atomic E-state index is 12.9. The first-order chi connectivity index (χ1) is 13.8. The molecule has 1 saturated heterocycles. The molecular weight excluding hydrogens is 454 g/mol. The Bertz CT molecular complexity index is 984. The zero-order valence-corrected chi connectivity index (χ0v) is 19.1. The molecule has 2 aromatic rings. The highest BCUT2D eigenvalue weighted by Crippen LogP contribution is 2.29. The average molecular weight is 480 g/mol. The Labute approximate surface area is 181 Å². The Morgan fingerprint density at radius 3 is 2.34 bits per heavy atom. The van der Waals surface area contributed by atoms with Crippen LogP contribution in [-0.2, 0) is 10.0 Å². The van der Waals surface area contributed by atoms with E-state index in [1.807, 2.05) is 24.3 Å². The second-order valence-electron chi connectivity index (χ2n) is 7.31. The van der Waals surface area contributed by atoms with Gasteiger partial charge in [-0.05, 0) is 59.1 Å². The van der Waals surface area contributed by atoms with Gasteiger partial charge >= 0.3 is 0 Å². The number of hydrogen-bond acceptors (Lipinski definition) is 4. The van der Waals surface area contributed by atoms with Crippen molar-refractivity contribution in [2.75, 3.05) is 37.4 Å². The maximum absolute atomic E-state index is 12.9.